The second-order valence-electron chi connectivity index (χ2n) is 5.51. The first kappa shape index (κ1) is 16.1. The predicted octanol–water partition coefficient (Wildman–Crippen LogP) is 4.52. The molecule has 3 rings (SSSR count). The summed E-state index contributed by atoms with van der Waals surface area (Å²) in [4.78, 5) is 4.53. The second kappa shape index (κ2) is 7.64. The lowest BCUT2D eigenvalue weighted by molar-refractivity contribution is 0.406. The van der Waals surface area contributed by atoms with E-state index in [9.17, 15) is 0 Å². The largest absolute Gasteiger partial charge is 0.496 e. The molecule has 0 saturated carbocycles. The lowest BCUT2D eigenvalue weighted by atomic mass is 10.0. The van der Waals surface area contributed by atoms with Crippen LogP contribution in [-0.4, -0.2) is 27.0 Å². The van der Waals surface area contributed by atoms with Crippen molar-refractivity contribution in [3.63, 3.8) is 0 Å². The number of methoxy groups -OCH3 is 2. The maximum absolute atomic E-state index is 5.67. The van der Waals surface area contributed by atoms with Gasteiger partial charge in [0.2, 0.25) is 0 Å². The highest BCUT2D eigenvalue weighted by Gasteiger charge is 2.12. The third kappa shape index (κ3) is 3.40. The maximum atomic E-state index is 5.67. The smallest absolute Gasteiger partial charge is 0.130 e. The Bertz CT molecular complexity index is 841. The molecule has 0 unspecified atom stereocenters. The van der Waals surface area contributed by atoms with Crippen molar-refractivity contribution in [1.29, 1.82) is 0 Å². The molecule has 0 bridgehead atoms. The van der Waals surface area contributed by atoms with E-state index in [1.165, 1.54) is 0 Å². The van der Waals surface area contributed by atoms with Crippen LogP contribution in [0.25, 0.3) is 10.8 Å². The van der Waals surface area contributed by atoms with E-state index in [1.54, 1.807) is 14.2 Å². The first-order valence-electron chi connectivity index (χ1n) is 8.01. The number of rotatable bonds is 6. The topological polar surface area (TPSA) is 30.8 Å². The molecule has 0 atom stereocenters. The van der Waals surface area contributed by atoms with E-state index in [-0.39, 0.29) is 0 Å². The van der Waals surface area contributed by atoms with Gasteiger partial charge in [0.15, 0.2) is 0 Å². The number of aliphatic imine (C=N–C) groups is 1. The SMILES string of the molecule is COc1cc(CCN=Cc2ccccc2)c(OC)c2ccccc12. The highest BCUT2D eigenvalue weighted by atomic mass is 16.5. The average molecular weight is 319 g/mol. The monoisotopic (exact) mass is 319 g/mol. The van der Waals surface area contributed by atoms with Gasteiger partial charge >= 0.3 is 0 Å². The third-order valence-electron chi connectivity index (χ3n) is 4.01. The number of hydrogen-bond donors (Lipinski definition) is 0. The van der Waals surface area contributed by atoms with Gasteiger partial charge < -0.3 is 9.47 Å². The van der Waals surface area contributed by atoms with E-state index in [2.05, 4.69) is 17.1 Å². The fourth-order valence-electron chi connectivity index (χ4n) is 2.86. The van der Waals surface area contributed by atoms with Crippen LogP contribution >= 0.6 is 0 Å². The minimum atomic E-state index is 0.701. The van der Waals surface area contributed by atoms with E-state index in [4.69, 9.17) is 9.47 Å². The number of benzene rings is 3. The number of nitrogens with zero attached hydrogens (tertiary/aromatic N) is 1. The highest BCUT2D eigenvalue weighted by Crippen LogP contribution is 2.36. The Morgan fingerprint density at radius 1 is 0.875 bits per heavy atom. The summed E-state index contributed by atoms with van der Waals surface area (Å²) in [5, 5.41) is 2.13. The molecule has 0 saturated heterocycles. The zero-order valence-corrected chi connectivity index (χ0v) is 14.0. The molecule has 24 heavy (non-hydrogen) atoms. The molecule has 3 aromatic carbocycles. The summed E-state index contributed by atoms with van der Waals surface area (Å²) in [6, 6.07) is 20.3. The van der Waals surface area contributed by atoms with Crippen molar-refractivity contribution in [2.75, 3.05) is 20.8 Å². The molecule has 0 aliphatic rings. The fourth-order valence-corrected chi connectivity index (χ4v) is 2.86. The highest BCUT2D eigenvalue weighted by molar-refractivity contribution is 5.94. The van der Waals surface area contributed by atoms with Crippen LogP contribution in [0.2, 0.25) is 0 Å². The van der Waals surface area contributed by atoms with Crippen LogP contribution in [0.4, 0.5) is 0 Å². The summed E-state index contributed by atoms with van der Waals surface area (Å²) >= 11 is 0. The van der Waals surface area contributed by atoms with Crippen LogP contribution in [0, 0.1) is 0 Å². The van der Waals surface area contributed by atoms with Crippen LogP contribution in [0.1, 0.15) is 11.1 Å². The zero-order chi connectivity index (χ0) is 16.8. The standard InChI is InChI=1S/C21H21NO2/c1-23-20-14-17(12-13-22-15-16-8-4-3-5-9-16)21(24-2)19-11-7-6-10-18(19)20/h3-11,14-15H,12-13H2,1-2H3. The fraction of sp³-hybridized carbons (Fsp3) is 0.190. The van der Waals surface area contributed by atoms with Gasteiger partial charge in [-0.25, -0.2) is 0 Å². The Morgan fingerprint density at radius 3 is 2.29 bits per heavy atom. The van der Waals surface area contributed by atoms with E-state index in [1.807, 2.05) is 54.7 Å². The summed E-state index contributed by atoms with van der Waals surface area (Å²) in [6.07, 6.45) is 2.71. The van der Waals surface area contributed by atoms with Crippen LogP contribution in [0.3, 0.4) is 0 Å². The minimum Gasteiger partial charge on any atom is -0.496 e. The molecule has 0 spiro atoms. The van der Waals surface area contributed by atoms with Crippen LogP contribution in [0.5, 0.6) is 11.5 Å². The summed E-state index contributed by atoms with van der Waals surface area (Å²) in [5.74, 6) is 1.77. The van der Waals surface area contributed by atoms with Crippen molar-refractivity contribution in [1.82, 2.24) is 0 Å². The molecule has 0 amide bonds. The molecule has 3 aromatic rings. The van der Waals surface area contributed by atoms with E-state index in [0.717, 1.165) is 39.8 Å². The molecule has 3 nitrogen and oxygen atoms in total. The van der Waals surface area contributed by atoms with Crippen LogP contribution in [0.15, 0.2) is 65.7 Å². The molecule has 0 aliphatic heterocycles. The first-order valence-corrected chi connectivity index (χ1v) is 8.01. The normalized spacial score (nSPS) is 11.1. The molecule has 0 aromatic heterocycles. The molecule has 3 heteroatoms. The van der Waals surface area contributed by atoms with Crippen molar-refractivity contribution in [2.45, 2.75) is 6.42 Å². The lowest BCUT2D eigenvalue weighted by Crippen LogP contribution is -1.98. The van der Waals surface area contributed by atoms with Gasteiger partial charge in [0.05, 0.1) is 14.2 Å². The molecule has 0 N–H and O–H groups in total. The second-order valence-corrected chi connectivity index (χ2v) is 5.51. The van der Waals surface area contributed by atoms with E-state index >= 15 is 0 Å². The number of fused-ring (bicyclic) bond motifs is 1. The molecule has 122 valence electrons. The first-order chi connectivity index (χ1) is 11.8. The van der Waals surface area contributed by atoms with Crippen molar-refractivity contribution in [3.05, 3.63) is 71.8 Å². The van der Waals surface area contributed by atoms with Crippen LogP contribution in [-0.2, 0) is 6.42 Å². The molecule has 0 radical (unpaired) electrons. The Kier molecular flexibility index (Phi) is 5.12. The van der Waals surface area contributed by atoms with Gasteiger partial charge in [-0.2, -0.15) is 0 Å². The summed E-state index contributed by atoms with van der Waals surface area (Å²) in [7, 11) is 3.41. The van der Waals surface area contributed by atoms with Gasteiger partial charge in [0.25, 0.3) is 0 Å². The minimum absolute atomic E-state index is 0.701. The summed E-state index contributed by atoms with van der Waals surface area (Å²) in [6.45, 7) is 0.701. The Morgan fingerprint density at radius 2 is 1.58 bits per heavy atom. The van der Waals surface area contributed by atoms with Crippen molar-refractivity contribution < 1.29 is 9.47 Å². The Labute approximate surface area is 142 Å². The van der Waals surface area contributed by atoms with Gasteiger partial charge in [-0.15, -0.1) is 0 Å². The maximum Gasteiger partial charge on any atom is 0.130 e. The number of hydrogen-bond acceptors (Lipinski definition) is 3. The van der Waals surface area contributed by atoms with Gasteiger partial charge in [-0.05, 0) is 18.1 Å². The Balaban J connectivity index is 1.85. The van der Waals surface area contributed by atoms with Crippen LogP contribution < -0.4 is 9.47 Å². The van der Waals surface area contributed by atoms with Gasteiger partial charge in [-0.1, -0.05) is 54.6 Å². The van der Waals surface area contributed by atoms with Gasteiger partial charge in [0, 0.05) is 29.1 Å². The molecule has 0 fully saturated rings. The Hall–Kier alpha value is -2.81. The van der Waals surface area contributed by atoms with Crippen molar-refractivity contribution in [3.8, 4) is 11.5 Å². The average Bonchev–Trinajstić information content (AvgIpc) is 2.65. The number of ether oxygens (including phenoxy) is 2. The molecule has 0 heterocycles. The van der Waals surface area contributed by atoms with Gasteiger partial charge in [-0.3, -0.25) is 4.99 Å². The molecular formula is C21H21NO2. The molecule has 0 aliphatic carbocycles. The van der Waals surface area contributed by atoms with E-state index in [0.29, 0.717) is 6.54 Å². The van der Waals surface area contributed by atoms with Gasteiger partial charge in [0.1, 0.15) is 11.5 Å². The van der Waals surface area contributed by atoms with Crippen molar-refractivity contribution >= 4 is 17.0 Å². The predicted molar refractivity (Wildman–Crippen MR) is 99.7 cm³/mol. The zero-order valence-electron chi connectivity index (χ0n) is 14.0. The van der Waals surface area contributed by atoms with E-state index < -0.39 is 0 Å². The lowest BCUT2D eigenvalue weighted by Gasteiger charge is -2.14. The summed E-state index contributed by atoms with van der Waals surface area (Å²) in [5.41, 5.74) is 2.22. The van der Waals surface area contributed by atoms with Crippen molar-refractivity contribution in [2.24, 2.45) is 4.99 Å². The third-order valence-corrected chi connectivity index (χ3v) is 4.01. The quantitative estimate of drug-likeness (QED) is 0.626. The summed E-state index contributed by atoms with van der Waals surface area (Å²) < 4.78 is 11.2. The molecular weight excluding hydrogens is 298 g/mol.